The van der Waals surface area contributed by atoms with Gasteiger partial charge >= 0.3 is 5.97 Å². The minimum atomic E-state index is -0.821. The van der Waals surface area contributed by atoms with E-state index < -0.39 is 11.5 Å². The van der Waals surface area contributed by atoms with Gasteiger partial charge in [0.1, 0.15) is 5.54 Å². The third kappa shape index (κ3) is 4.30. The fourth-order valence-electron chi connectivity index (χ4n) is 2.86. The van der Waals surface area contributed by atoms with Gasteiger partial charge in [0.15, 0.2) is 0 Å². The van der Waals surface area contributed by atoms with Crippen LogP contribution in [0.3, 0.4) is 0 Å². The molecule has 1 rings (SSSR count). The number of hydrogen-bond acceptors (Lipinski definition) is 3. The zero-order valence-electron chi connectivity index (χ0n) is 14.0. The monoisotopic (exact) mass is 295 g/mol. The second kappa shape index (κ2) is 7.59. The third-order valence-corrected chi connectivity index (χ3v) is 4.22. The molecule has 2 N–H and O–H groups in total. The SMILES string of the molecule is CCNC(C)(CCCCn1nc(C)c(CC)c1C)C(=O)O. The molecular formula is C16H29N3O2. The van der Waals surface area contributed by atoms with Gasteiger partial charge in [-0.25, -0.2) is 0 Å². The summed E-state index contributed by atoms with van der Waals surface area (Å²) in [5.74, 6) is -0.774. The summed E-state index contributed by atoms with van der Waals surface area (Å²) in [6, 6.07) is 0. The smallest absolute Gasteiger partial charge is 0.323 e. The largest absolute Gasteiger partial charge is 0.480 e. The number of unbranched alkanes of at least 4 members (excludes halogenated alkanes) is 1. The Hall–Kier alpha value is -1.36. The minimum Gasteiger partial charge on any atom is -0.480 e. The van der Waals surface area contributed by atoms with Gasteiger partial charge in [-0.15, -0.1) is 0 Å². The van der Waals surface area contributed by atoms with Crippen molar-refractivity contribution in [2.45, 2.75) is 72.4 Å². The molecule has 5 nitrogen and oxygen atoms in total. The first kappa shape index (κ1) is 17.7. The Labute approximate surface area is 127 Å². The van der Waals surface area contributed by atoms with E-state index in [4.69, 9.17) is 0 Å². The minimum absolute atomic E-state index is 0.635. The molecule has 5 heteroatoms. The lowest BCUT2D eigenvalue weighted by Crippen LogP contribution is -2.49. The van der Waals surface area contributed by atoms with E-state index in [0.717, 1.165) is 31.5 Å². The molecule has 0 fully saturated rings. The summed E-state index contributed by atoms with van der Waals surface area (Å²) in [5, 5.41) is 17.0. The molecule has 1 atom stereocenters. The highest BCUT2D eigenvalue weighted by molar-refractivity contribution is 5.78. The molecule has 21 heavy (non-hydrogen) atoms. The van der Waals surface area contributed by atoms with E-state index >= 15 is 0 Å². The molecule has 0 saturated carbocycles. The molecule has 1 unspecified atom stereocenters. The lowest BCUT2D eigenvalue weighted by molar-refractivity contribution is -0.144. The maximum Gasteiger partial charge on any atom is 0.323 e. The van der Waals surface area contributed by atoms with Crippen LogP contribution in [0, 0.1) is 13.8 Å². The summed E-state index contributed by atoms with van der Waals surface area (Å²) in [4.78, 5) is 11.3. The van der Waals surface area contributed by atoms with E-state index in [1.165, 1.54) is 11.3 Å². The molecule has 120 valence electrons. The lowest BCUT2D eigenvalue weighted by atomic mass is 9.95. The Kier molecular flexibility index (Phi) is 6.40. The van der Waals surface area contributed by atoms with Crippen LogP contribution >= 0.6 is 0 Å². The Morgan fingerprint density at radius 2 is 2.00 bits per heavy atom. The second-order valence-electron chi connectivity index (χ2n) is 5.85. The topological polar surface area (TPSA) is 67.2 Å². The summed E-state index contributed by atoms with van der Waals surface area (Å²) in [7, 11) is 0. The Bertz CT molecular complexity index is 482. The fraction of sp³-hybridized carbons (Fsp3) is 0.750. The summed E-state index contributed by atoms with van der Waals surface area (Å²) in [6.07, 6.45) is 3.46. The number of likely N-dealkylation sites (N-methyl/N-ethyl adjacent to an activating group) is 1. The molecule has 0 aliphatic carbocycles. The molecule has 0 amide bonds. The highest BCUT2D eigenvalue weighted by atomic mass is 16.4. The van der Waals surface area contributed by atoms with Gasteiger partial charge in [0.25, 0.3) is 0 Å². The summed E-state index contributed by atoms with van der Waals surface area (Å²) < 4.78 is 2.06. The molecule has 0 spiro atoms. The van der Waals surface area contributed by atoms with Gasteiger partial charge in [-0.1, -0.05) is 13.8 Å². The maximum atomic E-state index is 11.3. The van der Waals surface area contributed by atoms with Crippen molar-refractivity contribution < 1.29 is 9.90 Å². The van der Waals surface area contributed by atoms with Gasteiger partial charge in [0, 0.05) is 12.2 Å². The zero-order valence-corrected chi connectivity index (χ0v) is 14.0. The Balaban J connectivity index is 2.52. The number of nitrogens with one attached hydrogen (secondary N) is 1. The molecule has 1 aromatic heterocycles. The van der Waals surface area contributed by atoms with Crippen molar-refractivity contribution in [3.8, 4) is 0 Å². The number of carbonyl (C=O) groups is 1. The first-order valence-electron chi connectivity index (χ1n) is 7.87. The molecule has 0 aliphatic heterocycles. The van der Waals surface area contributed by atoms with Gasteiger partial charge in [-0.3, -0.25) is 9.48 Å². The van der Waals surface area contributed by atoms with Crippen molar-refractivity contribution in [3.05, 3.63) is 17.0 Å². The average molecular weight is 295 g/mol. The van der Waals surface area contributed by atoms with E-state index in [9.17, 15) is 9.90 Å². The number of aryl methyl sites for hydroxylation is 2. The van der Waals surface area contributed by atoms with Crippen molar-refractivity contribution in [2.24, 2.45) is 0 Å². The molecule has 0 aromatic carbocycles. The number of aliphatic carboxylic acids is 1. The van der Waals surface area contributed by atoms with Crippen LogP contribution in [-0.4, -0.2) is 32.9 Å². The van der Waals surface area contributed by atoms with Crippen molar-refractivity contribution >= 4 is 5.97 Å². The van der Waals surface area contributed by atoms with Crippen LogP contribution in [0.4, 0.5) is 0 Å². The number of aromatic nitrogens is 2. The molecule has 0 radical (unpaired) electrons. The molecule has 1 heterocycles. The summed E-state index contributed by atoms with van der Waals surface area (Å²) >= 11 is 0. The highest BCUT2D eigenvalue weighted by Crippen LogP contribution is 2.17. The van der Waals surface area contributed by atoms with Crippen molar-refractivity contribution in [3.63, 3.8) is 0 Å². The van der Waals surface area contributed by atoms with Gasteiger partial charge in [-0.05, 0) is 58.6 Å². The van der Waals surface area contributed by atoms with Crippen molar-refractivity contribution in [1.29, 1.82) is 0 Å². The van der Waals surface area contributed by atoms with Crippen LogP contribution in [0.15, 0.2) is 0 Å². The predicted octanol–water partition coefficient (Wildman–Crippen LogP) is 2.69. The van der Waals surface area contributed by atoms with Gasteiger partial charge in [0.2, 0.25) is 0 Å². The van der Waals surface area contributed by atoms with E-state index in [2.05, 4.69) is 35.9 Å². The highest BCUT2D eigenvalue weighted by Gasteiger charge is 2.31. The van der Waals surface area contributed by atoms with Gasteiger partial charge in [0.05, 0.1) is 5.69 Å². The second-order valence-corrected chi connectivity index (χ2v) is 5.85. The normalized spacial score (nSPS) is 14.1. The number of hydrogen-bond donors (Lipinski definition) is 2. The molecule has 0 aliphatic rings. The van der Waals surface area contributed by atoms with Crippen LogP contribution in [0.25, 0.3) is 0 Å². The van der Waals surface area contributed by atoms with Crippen molar-refractivity contribution in [2.75, 3.05) is 6.54 Å². The van der Waals surface area contributed by atoms with E-state index in [1.54, 1.807) is 6.92 Å². The molecule has 0 bridgehead atoms. The van der Waals surface area contributed by atoms with E-state index in [1.807, 2.05) is 6.92 Å². The number of rotatable bonds is 9. The van der Waals surface area contributed by atoms with Crippen LogP contribution in [0.5, 0.6) is 0 Å². The Morgan fingerprint density at radius 3 is 2.48 bits per heavy atom. The van der Waals surface area contributed by atoms with Crippen molar-refractivity contribution in [1.82, 2.24) is 15.1 Å². The first-order valence-corrected chi connectivity index (χ1v) is 7.87. The zero-order chi connectivity index (χ0) is 16.0. The van der Waals surface area contributed by atoms with Crippen LogP contribution in [0.2, 0.25) is 0 Å². The third-order valence-electron chi connectivity index (χ3n) is 4.22. The maximum absolute atomic E-state index is 11.3. The quantitative estimate of drug-likeness (QED) is 0.687. The number of nitrogens with zero attached hydrogens (tertiary/aromatic N) is 2. The average Bonchev–Trinajstić information content (AvgIpc) is 2.69. The summed E-state index contributed by atoms with van der Waals surface area (Å²) in [5.41, 5.74) is 2.86. The molecule has 1 aromatic rings. The number of carboxylic acid groups (broad SMARTS) is 1. The predicted molar refractivity (Wildman–Crippen MR) is 84.6 cm³/mol. The van der Waals surface area contributed by atoms with Gasteiger partial charge < -0.3 is 10.4 Å². The standard InChI is InChI=1S/C16H29N3O2/c1-6-14-12(3)18-19(13(14)4)11-9-8-10-16(5,15(20)21)17-7-2/h17H,6-11H2,1-5H3,(H,20,21). The van der Waals surface area contributed by atoms with Gasteiger partial charge in [-0.2, -0.15) is 5.10 Å². The summed E-state index contributed by atoms with van der Waals surface area (Å²) in [6.45, 7) is 11.5. The van der Waals surface area contributed by atoms with E-state index in [-0.39, 0.29) is 0 Å². The van der Waals surface area contributed by atoms with Crippen LogP contribution < -0.4 is 5.32 Å². The first-order chi connectivity index (χ1) is 9.85. The van der Waals surface area contributed by atoms with E-state index in [0.29, 0.717) is 13.0 Å². The Morgan fingerprint density at radius 1 is 1.33 bits per heavy atom. The molecular weight excluding hydrogens is 266 g/mol. The fourth-order valence-corrected chi connectivity index (χ4v) is 2.86. The number of carboxylic acids is 1. The lowest BCUT2D eigenvalue weighted by Gasteiger charge is -2.25. The molecule has 0 saturated heterocycles. The van der Waals surface area contributed by atoms with Crippen LogP contribution in [-0.2, 0) is 17.8 Å². The van der Waals surface area contributed by atoms with Crippen LogP contribution in [0.1, 0.15) is 57.0 Å².